The largest absolute Gasteiger partial charge is 0.462 e. The number of unbranched alkanes of at least 4 members (excludes halogenated alkanes) is 41. The van der Waals surface area contributed by atoms with E-state index in [-0.39, 0.29) is 31.1 Å². The highest BCUT2D eigenvalue weighted by molar-refractivity contribution is 5.71. The Morgan fingerprint density at radius 2 is 0.475 bits per heavy atom. The van der Waals surface area contributed by atoms with E-state index in [9.17, 15) is 14.4 Å². The van der Waals surface area contributed by atoms with Crippen molar-refractivity contribution in [1.29, 1.82) is 0 Å². The van der Waals surface area contributed by atoms with Crippen LogP contribution in [0.3, 0.4) is 0 Å². The van der Waals surface area contributed by atoms with Gasteiger partial charge in [-0.25, -0.2) is 0 Å². The van der Waals surface area contributed by atoms with Crippen LogP contribution >= 0.6 is 0 Å². The third-order valence-corrected chi connectivity index (χ3v) is 15.4. The Kier molecular flexibility index (Phi) is 65.7. The number of allylic oxidation sites excluding steroid dienone is 12. The molecule has 0 aromatic heterocycles. The van der Waals surface area contributed by atoms with Crippen molar-refractivity contribution in [3.63, 3.8) is 0 Å². The Hall–Kier alpha value is -3.15. The summed E-state index contributed by atoms with van der Waals surface area (Å²) in [7, 11) is 0. The zero-order chi connectivity index (χ0) is 57.8. The van der Waals surface area contributed by atoms with Gasteiger partial charge < -0.3 is 14.2 Å². The van der Waals surface area contributed by atoms with Crippen LogP contribution in [0, 0.1) is 0 Å². The van der Waals surface area contributed by atoms with E-state index in [0.29, 0.717) is 19.3 Å². The normalized spacial score (nSPS) is 12.5. The molecule has 0 saturated heterocycles. The molecule has 0 aliphatic heterocycles. The van der Waals surface area contributed by atoms with E-state index in [4.69, 9.17) is 14.2 Å². The third kappa shape index (κ3) is 65.7. The van der Waals surface area contributed by atoms with E-state index in [0.717, 1.165) is 109 Å². The summed E-state index contributed by atoms with van der Waals surface area (Å²) in [6.07, 6.45) is 89.4. The van der Waals surface area contributed by atoms with Crippen molar-refractivity contribution >= 4 is 17.9 Å². The van der Waals surface area contributed by atoms with Gasteiger partial charge in [0.05, 0.1) is 0 Å². The van der Waals surface area contributed by atoms with Crippen LogP contribution in [0.25, 0.3) is 0 Å². The first-order chi connectivity index (χ1) is 39.5. The molecule has 1 atom stereocenters. The Bertz CT molecular complexity index is 1470. The van der Waals surface area contributed by atoms with Crippen molar-refractivity contribution in [1.82, 2.24) is 0 Å². The Morgan fingerprint density at radius 3 is 0.762 bits per heavy atom. The van der Waals surface area contributed by atoms with Crippen LogP contribution in [0.1, 0.15) is 361 Å². The van der Waals surface area contributed by atoms with Gasteiger partial charge in [-0.1, -0.05) is 306 Å². The molecule has 0 bridgehead atoms. The second kappa shape index (κ2) is 68.3. The molecule has 0 N–H and O–H groups in total. The van der Waals surface area contributed by atoms with Crippen molar-refractivity contribution in [2.45, 2.75) is 367 Å². The number of carbonyl (C=O) groups excluding carboxylic acids is 3. The lowest BCUT2D eigenvalue weighted by Gasteiger charge is -2.18. The molecule has 464 valence electrons. The van der Waals surface area contributed by atoms with E-state index >= 15 is 0 Å². The van der Waals surface area contributed by atoms with E-state index < -0.39 is 6.10 Å². The van der Waals surface area contributed by atoms with Crippen molar-refractivity contribution in [2.75, 3.05) is 13.2 Å². The molecule has 0 radical (unpaired) electrons. The molecular formula is C74H132O6. The summed E-state index contributed by atoms with van der Waals surface area (Å²) in [6, 6.07) is 0. The number of ether oxygens (including phenoxy) is 3. The second-order valence-electron chi connectivity index (χ2n) is 23.4. The molecule has 6 heteroatoms. The quantitative estimate of drug-likeness (QED) is 0.0261. The minimum Gasteiger partial charge on any atom is -0.462 e. The monoisotopic (exact) mass is 1120 g/mol. The summed E-state index contributed by atoms with van der Waals surface area (Å²) < 4.78 is 16.9. The average Bonchev–Trinajstić information content (AvgIpc) is 3.46. The predicted molar refractivity (Wildman–Crippen MR) is 348 cm³/mol. The molecule has 0 aliphatic carbocycles. The molecule has 0 aromatic carbocycles. The van der Waals surface area contributed by atoms with Gasteiger partial charge in [-0.15, -0.1) is 0 Å². The fourth-order valence-corrected chi connectivity index (χ4v) is 10.1. The van der Waals surface area contributed by atoms with E-state index in [1.54, 1.807) is 0 Å². The van der Waals surface area contributed by atoms with Crippen molar-refractivity contribution in [3.05, 3.63) is 72.9 Å². The standard InChI is InChI=1S/C74H132O6/c1-4-7-10-13-16-19-22-25-27-29-30-31-32-33-34-35-36-37-38-39-40-41-42-43-44-45-47-49-52-55-58-61-64-67-73(76)79-70-71(69-78-72(75)66-63-60-57-54-51-48-24-21-18-15-12-9-6-3)80-74(77)68-65-62-59-56-53-50-46-28-26-23-20-17-14-11-8-5-2/h12,15,21-22,24-25,28-30,32-33,46,71H,4-11,13-14,16-20,23,26-27,31,34-45,47-70H2,1-3H3/b15-12-,24-21-,25-22-,30-29-,33-32-,46-28-. The number of rotatable bonds is 64. The van der Waals surface area contributed by atoms with Crippen molar-refractivity contribution in [3.8, 4) is 0 Å². The molecule has 0 saturated carbocycles. The van der Waals surface area contributed by atoms with Gasteiger partial charge in [0.1, 0.15) is 13.2 Å². The summed E-state index contributed by atoms with van der Waals surface area (Å²) in [4.78, 5) is 38.3. The molecule has 1 unspecified atom stereocenters. The topological polar surface area (TPSA) is 78.9 Å². The maximum Gasteiger partial charge on any atom is 0.306 e. The SMILES string of the molecule is CCC/C=C\C/C=C\CCCCCCCC(=O)OCC(COC(=O)CCCCCCCCCCCCCCCCCCCC/C=C\C/C=C\C/C=C\CCCCCCC)OC(=O)CCCCCCC/C=C\CCCCCCCCC. The van der Waals surface area contributed by atoms with Crippen molar-refractivity contribution < 1.29 is 28.6 Å². The van der Waals surface area contributed by atoms with E-state index in [2.05, 4.69) is 93.7 Å². The van der Waals surface area contributed by atoms with Gasteiger partial charge in [-0.2, -0.15) is 0 Å². The average molecular weight is 1120 g/mol. The molecule has 80 heavy (non-hydrogen) atoms. The van der Waals surface area contributed by atoms with Crippen LogP contribution in [0.5, 0.6) is 0 Å². The molecule has 0 spiro atoms. The maximum atomic E-state index is 12.9. The fourth-order valence-electron chi connectivity index (χ4n) is 10.1. The van der Waals surface area contributed by atoms with Crippen LogP contribution in [-0.2, 0) is 28.6 Å². The summed E-state index contributed by atoms with van der Waals surface area (Å²) in [5.74, 6) is -0.886. The van der Waals surface area contributed by atoms with Crippen LogP contribution in [0.2, 0.25) is 0 Å². The highest BCUT2D eigenvalue weighted by atomic mass is 16.6. The molecule has 0 aliphatic rings. The van der Waals surface area contributed by atoms with Gasteiger partial charge in [0.25, 0.3) is 0 Å². The van der Waals surface area contributed by atoms with Crippen molar-refractivity contribution in [2.24, 2.45) is 0 Å². The molecule has 0 aromatic rings. The number of carbonyl (C=O) groups is 3. The summed E-state index contributed by atoms with van der Waals surface area (Å²) in [5, 5.41) is 0. The smallest absolute Gasteiger partial charge is 0.306 e. The molecule has 0 rings (SSSR count). The minimum atomic E-state index is -0.785. The van der Waals surface area contributed by atoms with Crippen LogP contribution < -0.4 is 0 Å². The van der Waals surface area contributed by atoms with E-state index in [1.165, 1.54) is 212 Å². The lowest BCUT2D eigenvalue weighted by Crippen LogP contribution is -2.30. The first kappa shape index (κ1) is 76.9. The predicted octanol–water partition coefficient (Wildman–Crippen LogP) is 24.1. The third-order valence-electron chi connectivity index (χ3n) is 15.4. The number of hydrogen-bond donors (Lipinski definition) is 0. The fraction of sp³-hybridized carbons (Fsp3) is 0.797. The van der Waals surface area contributed by atoms with Gasteiger partial charge in [0.2, 0.25) is 0 Å². The minimum absolute atomic E-state index is 0.0800. The molecule has 6 nitrogen and oxygen atoms in total. The highest BCUT2D eigenvalue weighted by Crippen LogP contribution is 2.17. The zero-order valence-corrected chi connectivity index (χ0v) is 53.3. The van der Waals surface area contributed by atoms with E-state index in [1.807, 2.05) is 0 Å². The summed E-state index contributed by atoms with van der Waals surface area (Å²) >= 11 is 0. The molecule has 0 amide bonds. The zero-order valence-electron chi connectivity index (χ0n) is 53.3. The lowest BCUT2D eigenvalue weighted by atomic mass is 10.0. The first-order valence-electron chi connectivity index (χ1n) is 34.9. The Balaban J connectivity index is 4.15. The number of hydrogen-bond acceptors (Lipinski definition) is 6. The summed E-state index contributed by atoms with van der Waals surface area (Å²) in [6.45, 7) is 6.58. The van der Waals surface area contributed by atoms with Gasteiger partial charge in [0, 0.05) is 19.3 Å². The molecule has 0 fully saturated rings. The van der Waals surface area contributed by atoms with Gasteiger partial charge in [-0.05, 0) is 109 Å². The first-order valence-corrected chi connectivity index (χ1v) is 34.9. The number of esters is 3. The van der Waals surface area contributed by atoms with Gasteiger partial charge in [-0.3, -0.25) is 14.4 Å². The van der Waals surface area contributed by atoms with Crippen LogP contribution in [0.4, 0.5) is 0 Å². The highest BCUT2D eigenvalue weighted by Gasteiger charge is 2.19. The Morgan fingerprint density at radius 1 is 0.250 bits per heavy atom. The summed E-state index contributed by atoms with van der Waals surface area (Å²) in [5.41, 5.74) is 0. The van der Waals surface area contributed by atoms with Crippen LogP contribution in [0.15, 0.2) is 72.9 Å². The molecule has 0 heterocycles. The lowest BCUT2D eigenvalue weighted by molar-refractivity contribution is -0.167. The van der Waals surface area contributed by atoms with Gasteiger partial charge >= 0.3 is 17.9 Å². The second-order valence-corrected chi connectivity index (χ2v) is 23.4. The molecular weight excluding hydrogens is 985 g/mol. The Labute approximate surface area is 497 Å². The van der Waals surface area contributed by atoms with Gasteiger partial charge in [0.15, 0.2) is 6.10 Å². The van der Waals surface area contributed by atoms with Crippen LogP contribution in [-0.4, -0.2) is 37.2 Å². The maximum absolute atomic E-state index is 12.9.